The second-order valence-electron chi connectivity index (χ2n) is 5.35. The quantitative estimate of drug-likeness (QED) is 0.927. The lowest BCUT2D eigenvalue weighted by Gasteiger charge is -2.27. The summed E-state index contributed by atoms with van der Waals surface area (Å²) >= 11 is 0. The highest BCUT2D eigenvalue weighted by Gasteiger charge is 2.22. The van der Waals surface area contributed by atoms with Gasteiger partial charge in [-0.25, -0.2) is 4.99 Å². The van der Waals surface area contributed by atoms with Gasteiger partial charge in [-0.2, -0.15) is 0 Å². The fourth-order valence-electron chi connectivity index (χ4n) is 2.76. The minimum Gasteiger partial charge on any atom is -0.453 e. The van der Waals surface area contributed by atoms with Gasteiger partial charge in [0.05, 0.1) is 0 Å². The molecule has 21 heavy (non-hydrogen) atoms. The van der Waals surface area contributed by atoms with Gasteiger partial charge in [0.15, 0.2) is 11.5 Å². The first-order chi connectivity index (χ1) is 10.1. The van der Waals surface area contributed by atoms with Crippen molar-refractivity contribution in [1.29, 1.82) is 0 Å². The van der Waals surface area contributed by atoms with Crippen molar-refractivity contribution >= 4 is 17.1 Å². The first-order valence-electron chi connectivity index (χ1n) is 7.44. The molecular formula is C17H21N3O. The SMILES string of the molecule is CCN(CC)c1cc2c(cc1C)N=C1C=CC(N)C=C1O2. The van der Waals surface area contributed by atoms with Crippen molar-refractivity contribution in [3.8, 4) is 5.75 Å². The molecule has 1 aliphatic carbocycles. The maximum Gasteiger partial charge on any atom is 0.155 e. The molecular weight excluding hydrogens is 262 g/mol. The number of ether oxygens (including phenoxy) is 1. The molecule has 1 atom stereocenters. The number of fused-ring (bicyclic) bond motifs is 2. The van der Waals surface area contributed by atoms with Crippen LogP contribution in [0.1, 0.15) is 19.4 Å². The largest absolute Gasteiger partial charge is 0.453 e. The molecule has 0 fully saturated rings. The summed E-state index contributed by atoms with van der Waals surface area (Å²) in [6.45, 7) is 8.38. The van der Waals surface area contributed by atoms with Crippen molar-refractivity contribution in [3.63, 3.8) is 0 Å². The summed E-state index contributed by atoms with van der Waals surface area (Å²) in [5.74, 6) is 1.56. The fourth-order valence-corrected chi connectivity index (χ4v) is 2.76. The van der Waals surface area contributed by atoms with Crippen molar-refractivity contribution in [3.05, 3.63) is 41.7 Å². The topological polar surface area (TPSA) is 50.8 Å². The predicted molar refractivity (Wildman–Crippen MR) is 87.7 cm³/mol. The molecule has 2 N–H and O–H groups in total. The van der Waals surface area contributed by atoms with Crippen LogP contribution in [0.5, 0.6) is 5.75 Å². The van der Waals surface area contributed by atoms with E-state index < -0.39 is 0 Å². The third-order valence-electron chi connectivity index (χ3n) is 3.92. The average molecular weight is 283 g/mol. The number of nitrogens with two attached hydrogens (primary N) is 1. The zero-order chi connectivity index (χ0) is 15.0. The number of rotatable bonds is 3. The first kappa shape index (κ1) is 13.9. The van der Waals surface area contributed by atoms with E-state index in [0.29, 0.717) is 0 Å². The maximum atomic E-state index is 6.01. The second-order valence-corrected chi connectivity index (χ2v) is 5.35. The van der Waals surface area contributed by atoms with Crippen LogP contribution in [0.2, 0.25) is 0 Å². The predicted octanol–water partition coefficient (Wildman–Crippen LogP) is 3.09. The molecule has 0 saturated heterocycles. The van der Waals surface area contributed by atoms with Crippen LogP contribution in [-0.2, 0) is 0 Å². The van der Waals surface area contributed by atoms with E-state index in [1.165, 1.54) is 11.3 Å². The lowest BCUT2D eigenvalue weighted by atomic mass is 10.1. The molecule has 0 amide bonds. The number of aliphatic imine (C=N–C) groups is 1. The van der Waals surface area contributed by atoms with Gasteiger partial charge in [-0.3, -0.25) is 0 Å². The van der Waals surface area contributed by atoms with Gasteiger partial charge >= 0.3 is 0 Å². The number of anilines is 1. The van der Waals surface area contributed by atoms with E-state index in [1.807, 2.05) is 18.2 Å². The van der Waals surface area contributed by atoms with Gasteiger partial charge in [0.2, 0.25) is 0 Å². The standard InChI is InChI=1S/C17H21N3O/c1-4-20(5-2)15-10-17-14(8-11(15)3)19-13-7-6-12(18)9-16(13)21-17/h6-10,12H,4-5,18H2,1-3H3. The summed E-state index contributed by atoms with van der Waals surface area (Å²) in [6.07, 6.45) is 5.75. The molecule has 0 bridgehead atoms. The Morgan fingerprint density at radius 1 is 1.29 bits per heavy atom. The summed E-state index contributed by atoms with van der Waals surface area (Å²) in [4.78, 5) is 7.00. The Balaban J connectivity index is 2.05. The van der Waals surface area contributed by atoms with Crippen molar-refractivity contribution < 1.29 is 4.74 Å². The Bertz CT molecular complexity index is 654. The van der Waals surface area contributed by atoms with E-state index in [9.17, 15) is 0 Å². The Hall–Kier alpha value is -2.07. The molecule has 0 aromatic heterocycles. The highest BCUT2D eigenvalue weighted by molar-refractivity contribution is 6.10. The Morgan fingerprint density at radius 2 is 2.05 bits per heavy atom. The van der Waals surface area contributed by atoms with Crippen LogP contribution >= 0.6 is 0 Å². The van der Waals surface area contributed by atoms with Gasteiger partial charge in [0.25, 0.3) is 0 Å². The molecule has 3 rings (SSSR count). The van der Waals surface area contributed by atoms with Gasteiger partial charge < -0.3 is 15.4 Å². The maximum absolute atomic E-state index is 6.01. The molecule has 1 heterocycles. The summed E-state index contributed by atoms with van der Waals surface area (Å²) in [7, 11) is 0. The molecule has 4 heteroatoms. The lowest BCUT2D eigenvalue weighted by molar-refractivity contribution is 0.446. The minimum atomic E-state index is -0.104. The normalized spacial score (nSPS) is 19.1. The molecule has 0 saturated carbocycles. The van der Waals surface area contributed by atoms with Crippen LogP contribution < -0.4 is 15.4 Å². The van der Waals surface area contributed by atoms with Gasteiger partial charge in [-0.15, -0.1) is 0 Å². The molecule has 1 aromatic rings. The van der Waals surface area contributed by atoms with Crippen LogP contribution in [-0.4, -0.2) is 24.8 Å². The summed E-state index contributed by atoms with van der Waals surface area (Å²) < 4.78 is 6.01. The zero-order valence-corrected chi connectivity index (χ0v) is 12.8. The molecule has 1 aromatic carbocycles. The number of hydrogen-bond acceptors (Lipinski definition) is 4. The Kier molecular flexibility index (Phi) is 3.55. The third-order valence-corrected chi connectivity index (χ3v) is 3.92. The van der Waals surface area contributed by atoms with Crippen molar-refractivity contribution in [1.82, 2.24) is 0 Å². The highest BCUT2D eigenvalue weighted by Crippen LogP contribution is 2.39. The van der Waals surface area contributed by atoms with Crippen molar-refractivity contribution in [2.24, 2.45) is 10.7 Å². The number of hydrogen-bond donors (Lipinski definition) is 1. The molecule has 0 spiro atoms. The highest BCUT2D eigenvalue weighted by atomic mass is 16.5. The van der Waals surface area contributed by atoms with Gasteiger partial charge in [0.1, 0.15) is 11.4 Å². The third kappa shape index (κ3) is 2.47. The fraction of sp³-hybridized carbons (Fsp3) is 0.353. The monoisotopic (exact) mass is 283 g/mol. The van der Waals surface area contributed by atoms with E-state index in [1.54, 1.807) is 0 Å². The number of nitrogens with zero attached hydrogens (tertiary/aromatic N) is 2. The smallest absolute Gasteiger partial charge is 0.155 e. The summed E-state index contributed by atoms with van der Waals surface area (Å²) in [5.41, 5.74) is 10.1. The van der Waals surface area contributed by atoms with E-state index in [0.717, 1.165) is 36.0 Å². The van der Waals surface area contributed by atoms with Crippen LogP contribution in [0.15, 0.2) is 41.1 Å². The number of benzene rings is 1. The van der Waals surface area contributed by atoms with Crippen molar-refractivity contribution in [2.45, 2.75) is 26.8 Å². The molecule has 2 aliphatic rings. The molecule has 1 unspecified atom stereocenters. The van der Waals surface area contributed by atoms with Crippen LogP contribution in [0, 0.1) is 6.92 Å². The van der Waals surface area contributed by atoms with E-state index >= 15 is 0 Å². The first-order valence-corrected chi connectivity index (χ1v) is 7.44. The second kappa shape index (κ2) is 5.37. The molecule has 0 radical (unpaired) electrons. The van der Waals surface area contributed by atoms with E-state index in [2.05, 4.69) is 42.8 Å². The van der Waals surface area contributed by atoms with Gasteiger partial charge in [-0.05, 0) is 44.6 Å². The van der Waals surface area contributed by atoms with Gasteiger partial charge in [0, 0.05) is 30.9 Å². The Morgan fingerprint density at radius 3 is 2.76 bits per heavy atom. The van der Waals surface area contributed by atoms with Crippen LogP contribution in [0.25, 0.3) is 0 Å². The van der Waals surface area contributed by atoms with E-state index in [-0.39, 0.29) is 6.04 Å². The van der Waals surface area contributed by atoms with E-state index in [4.69, 9.17) is 10.5 Å². The van der Waals surface area contributed by atoms with Crippen LogP contribution in [0.3, 0.4) is 0 Å². The minimum absolute atomic E-state index is 0.104. The van der Waals surface area contributed by atoms with Gasteiger partial charge in [-0.1, -0.05) is 6.08 Å². The number of aryl methyl sites for hydroxylation is 1. The molecule has 1 aliphatic heterocycles. The molecule has 4 nitrogen and oxygen atoms in total. The Labute approximate surface area is 125 Å². The summed E-state index contributed by atoms with van der Waals surface area (Å²) in [5, 5.41) is 0. The number of allylic oxidation sites excluding steroid dienone is 1. The average Bonchev–Trinajstić information content (AvgIpc) is 2.47. The zero-order valence-electron chi connectivity index (χ0n) is 12.8. The summed E-state index contributed by atoms with van der Waals surface area (Å²) in [6, 6.07) is 4.07. The van der Waals surface area contributed by atoms with Crippen molar-refractivity contribution in [2.75, 3.05) is 18.0 Å². The lowest BCUT2D eigenvalue weighted by Crippen LogP contribution is -2.25. The van der Waals surface area contributed by atoms with Crippen LogP contribution in [0.4, 0.5) is 11.4 Å². The molecule has 110 valence electrons.